The summed E-state index contributed by atoms with van der Waals surface area (Å²) in [5.41, 5.74) is 2.43. The zero-order valence-electron chi connectivity index (χ0n) is 16.9. The van der Waals surface area contributed by atoms with E-state index in [0.29, 0.717) is 18.1 Å². The monoisotopic (exact) mass is 395 g/mol. The number of likely N-dealkylation sites (tertiary alicyclic amines) is 1. The average molecular weight is 396 g/mol. The molecule has 3 fully saturated rings. The zero-order valence-corrected chi connectivity index (χ0v) is 17.8. The van der Waals surface area contributed by atoms with Gasteiger partial charge in [0.2, 0.25) is 0 Å². The van der Waals surface area contributed by atoms with Gasteiger partial charge in [0.15, 0.2) is 0 Å². The fourth-order valence-electron chi connectivity index (χ4n) is 6.10. The molecule has 5 atom stereocenters. The number of amides is 1. The molecule has 1 saturated carbocycles. The van der Waals surface area contributed by atoms with Crippen molar-refractivity contribution in [1.82, 2.24) is 15.2 Å². The van der Waals surface area contributed by atoms with Crippen LogP contribution in [0.25, 0.3) is 0 Å². The number of hydrogen-bond donors (Lipinski definition) is 1. The van der Waals surface area contributed by atoms with Crippen LogP contribution in [-0.4, -0.2) is 40.0 Å². The van der Waals surface area contributed by atoms with Crippen LogP contribution in [0.15, 0.2) is 30.3 Å². The zero-order chi connectivity index (χ0) is 19.5. The maximum Gasteiger partial charge on any atom is 0.266 e. The molecule has 1 aromatic heterocycles. The number of piperidine rings is 1. The number of nitrogens with one attached hydrogen (secondary N) is 1. The summed E-state index contributed by atoms with van der Waals surface area (Å²) in [6, 6.07) is 12.2. The van der Waals surface area contributed by atoms with Gasteiger partial charge in [-0.1, -0.05) is 37.3 Å². The summed E-state index contributed by atoms with van der Waals surface area (Å²) in [6.45, 7) is 6.39. The Morgan fingerprint density at radius 3 is 2.79 bits per heavy atom. The fraction of sp³-hybridized carbons (Fsp3) is 0.565. The van der Waals surface area contributed by atoms with Crippen molar-refractivity contribution in [3.63, 3.8) is 0 Å². The van der Waals surface area contributed by atoms with Crippen LogP contribution in [-0.2, 0) is 6.42 Å². The van der Waals surface area contributed by atoms with Gasteiger partial charge in [0.25, 0.3) is 5.91 Å². The number of benzene rings is 1. The second-order valence-corrected chi connectivity index (χ2v) is 10.3. The van der Waals surface area contributed by atoms with Gasteiger partial charge in [0, 0.05) is 29.6 Å². The number of carbonyl (C=O) groups is 1. The van der Waals surface area contributed by atoms with Crippen molar-refractivity contribution in [2.45, 2.75) is 77.0 Å². The summed E-state index contributed by atoms with van der Waals surface area (Å²) in [7, 11) is 0. The molecule has 2 saturated heterocycles. The molecule has 3 heterocycles. The predicted molar refractivity (Wildman–Crippen MR) is 113 cm³/mol. The van der Waals surface area contributed by atoms with E-state index >= 15 is 0 Å². The highest BCUT2D eigenvalue weighted by Gasteiger charge is 2.61. The third-order valence-electron chi connectivity index (χ3n) is 7.38. The fourth-order valence-corrected chi connectivity index (χ4v) is 6.97. The molecule has 1 aliphatic carbocycles. The molecule has 5 rings (SSSR count). The van der Waals surface area contributed by atoms with Crippen LogP contribution in [0.2, 0.25) is 0 Å². The lowest BCUT2D eigenvalue weighted by molar-refractivity contribution is 0.0562. The van der Waals surface area contributed by atoms with E-state index in [9.17, 15) is 4.79 Å². The van der Waals surface area contributed by atoms with Gasteiger partial charge in [-0.3, -0.25) is 4.79 Å². The second kappa shape index (κ2) is 6.67. The van der Waals surface area contributed by atoms with Crippen molar-refractivity contribution < 1.29 is 4.79 Å². The number of fused-ring (bicyclic) bond motifs is 1. The summed E-state index contributed by atoms with van der Waals surface area (Å²) in [6.07, 6.45) is 5.66. The van der Waals surface area contributed by atoms with E-state index in [1.165, 1.54) is 18.4 Å². The van der Waals surface area contributed by atoms with Gasteiger partial charge >= 0.3 is 0 Å². The van der Waals surface area contributed by atoms with E-state index in [4.69, 9.17) is 0 Å². The first-order chi connectivity index (χ1) is 13.5. The highest BCUT2D eigenvalue weighted by molar-refractivity contribution is 7.13. The minimum absolute atomic E-state index is 0.194. The SMILES string of the molecule is Cc1nc(C)c(C(=O)N2[C@H]3CCC[C@H]4N[C@H](Cc5ccccc5)[C@@H]2C[C@@]34C)s1. The first kappa shape index (κ1) is 18.3. The van der Waals surface area contributed by atoms with Crippen molar-refractivity contribution in [2.75, 3.05) is 0 Å². The van der Waals surface area contributed by atoms with Gasteiger partial charge in [0.1, 0.15) is 4.88 Å². The summed E-state index contributed by atoms with van der Waals surface area (Å²) < 4.78 is 0. The van der Waals surface area contributed by atoms with E-state index in [-0.39, 0.29) is 17.4 Å². The molecule has 1 N–H and O–H groups in total. The van der Waals surface area contributed by atoms with Crippen LogP contribution in [0, 0.1) is 19.3 Å². The number of nitrogens with zero attached hydrogens (tertiary/aromatic N) is 2. The Labute approximate surface area is 171 Å². The maximum absolute atomic E-state index is 13.7. The molecule has 5 heteroatoms. The molecular weight excluding hydrogens is 366 g/mol. The number of hydrogen-bond acceptors (Lipinski definition) is 4. The second-order valence-electron chi connectivity index (χ2n) is 9.10. The highest BCUT2D eigenvalue weighted by Crippen LogP contribution is 2.53. The molecule has 3 aliphatic rings. The topological polar surface area (TPSA) is 45.2 Å². The average Bonchev–Trinajstić information content (AvgIpc) is 3.17. The Morgan fingerprint density at radius 1 is 1.29 bits per heavy atom. The summed E-state index contributed by atoms with van der Waals surface area (Å²) >= 11 is 1.56. The smallest absolute Gasteiger partial charge is 0.266 e. The molecule has 2 aliphatic heterocycles. The van der Waals surface area contributed by atoms with Gasteiger partial charge in [-0.15, -0.1) is 11.3 Å². The Balaban J connectivity index is 1.52. The van der Waals surface area contributed by atoms with Crippen LogP contribution in [0.3, 0.4) is 0 Å². The lowest BCUT2D eigenvalue weighted by Gasteiger charge is -2.46. The van der Waals surface area contributed by atoms with Gasteiger partial charge in [-0.05, 0) is 51.5 Å². The molecule has 2 bridgehead atoms. The number of aromatic nitrogens is 1. The minimum atomic E-state index is 0.194. The summed E-state index contributed by atoms with van der Waals surface area (Å²) in [5.74, 6) is 0.212. The standard InChI is InChI=1S/C23H29N3OS/c1-14-21(28-15(2)24-14)22(27)26-18-13-23(3)19(10-7-11-20(23)26)25-17(18)12-16-8-5-4-6-9-16/h4-6,8-9,17-20,25H,7,10-13H2,1-3H3/t17-,18+,19-,20+,23-/m1/s1. The number of rotatable bonds is 3. The summed E-state index contributed by atoms with van der Waals surface area (Å²) in [5, 5.41) is 4.97. The molecular formula is C23H29N3OS. The predicted octanol–water partition coefficient (Wildman–Crippen LogP) is 4.12. The number of thiazole rings is 1. The van der Waals surface area contributed by atoms with E-state index in [2.05, 4.69) is 52.5 Å². The molecule has 0 unspecified atom stereocenters. The number of carbonyl (C=O) groups excluding carboxylic acids is 1. The first-order valence-electron chi connectivity index (χ1n) is 10.5. The van der Waals surface area contributed by atoms with Crippen molar-refractivity contribution in [1.29, 1.82) is 0 Å². The minimum Gasteiger partial charge on any atom is -0.330 e. The van der Waals surface area contributed by atoms with Crippen molar-refractivity contribution in [2.24, 2.45) is 5.41 Å². The largest absolute Gasteiger partial charge is 0.330 e. The summed E-state index contributed by atoms with van der Waals surface area (Å²) in [4.78, 5) is 21.4. The molecule has 0 radical (unpaired) electrons. The van der Waals surface area contributed by atoms with E-state index in [0.717, 1.165) is 34.8 Å². The van der Waals surface area contributed by atoms with Crippen molar-refractivity contribution >= 4 is 17.2 Å². The van der Waals surface area contributed by atoms with Crippen LogP contribution >= 0.6 is 11.3 Å². The Kier molecular flexibility index (Phi) is 4.36. The lowest BCUT2D eigenvalue weighted by atomic mass is 9.65. The van der Waals surface area contributed by atoms with Gasteiger partial charge in [-0.25, -0.2) is 4.98 Å². The quantitative estimate of drug-likeness (QED) is 0.850. The normalized spacial score (nSPS) is 33.9. The molecule has 28 heavy (non-hydrogen) atoms. The maximum atomic E-state index is 13.7. The first-order valence-corrected chi connectivity index (χ1v) is 11.4. The van der Waals surface area contributed by atoms with E-state index in [1.807, 2.05) is 13.8 Å². The Bertz CT molecular complexity index is 895. The Hall–Kier alpha value is -1.72. The molecule has 148 valence electrons. The molecule has 4 nitrogen and oxygen atoms in total. The number of aryl methyl sites for hydroxylation is 2. The van der Waals surface area contributed by atoms with Crippen molar-refractivity contribution in [3.05, 3.63) is 51.5 Å². The van der Waals surface area contributed by atoms with Gasteiger partial charge in [-0.2, -0.15) is 0 Å². The van der Waals surface area contributed by atoms with Crippen LogP contribution in [0.1, 0.15) is 58.5 Å². The van der Waals surface area contributed by atoms with Crippen molar-refractivity contribution in [3.8, 4) is 0 Å². The third-order valence-corrected chi connectivity index (χ3v) is 8.44. The molecule has 2 aromatic rings. The highest BCUT2D eigenvalue weighted by atomic mass is 32.1. The third kappa shape index (κ3) is 2.74. The molecule has 1 aromatic carbocycles. The van der Waals surface area contributed by atoms with Gasteiger partial charge < -0.3 is 10.2 Å². The van der Waals surface area contributed by atoms with E-state index < -0.39 is 0 Å². The molecule has 1 amide bonds. The van der Waals surface area contributed by atoms with Gasteiger partial charge in [0.05, 0.1) is 10.7 Å². The lowest BCUT2D eigenvalue weighted by Crippen LogP contribution is -2.58. The Morgan fingerprint density at radius 2 is 2.07 bits per heavy atom. The van der Waals surface area contributed by atoms with Crippen LogP contribution < -0.4 is 5.32 Å². The molecule has 0 spiro atoms. The van der Waals surface area contributed by atoms with E-state index in [1.54, 1.807) is 11.3 Å². The van der Waals surface area contributed by atoms with Crippen LogP contribution in [0.5, 0.6) is 0 Å². The van der Waals surface area contributed by atoms with Crippen LogP contribution in [0.4, 0.5) is 0 Å².